The van der Waals surface area contributed by atoms with Crippen molar-refractivity contribution >= 4 is 0 Å². The number of rotatable bonds is 0. The first kappa shape index (κ1) is 3.92. The smallest absolute Gasteiger partial charge is 0.0139 e. The molecule has 0 aromatic carbocycles. The molecule has 0 N–H and O–H groups in total. The molecule has 0 spiro atoms. The maximum atomic E-state index is 2.43. The summed E-state index contributed by atoms with van der Waals surface area (Å²) < 4.78 is 0. The fraction of sp³-hybridized carbons (Fsp3) is 1.00. The summed E-state index contributed by atoms with van der Waals surface area (Å²) in [6.45, 7) is 7.27. The van der Waals surface area contributed by atoms with Gasteiger partial charge >= 0.3 is 0 Å². The molecular weight excluding hydrogens is 96.1 g/mol. The molecule has 3 aliphatic rings. The van der Waals surface area contributed by atoms with Gasteiger partial charge in [-0.15, -0.1) is 0 Å². The Morgan fingerprint density at radius 2 is 1.75 bits per heavy atom. The van der Waals surface area contributed by atoms with Crippen LogP contribution in [0.3, 0.4) is 0 Å². The highest BCUT2D eigenvalue weighted by Gasteiger charge is 3.12. The lowest BCUT2D eigenvalue weighted by Crippen LogP contribution is -2.28. The van der Waals surface area contributed by atoms with E-state index < -0.39 is 0 Å². The van der Waals surface area contributed by atoms with Crippen molar-refractivity contribution in [3.63, 3.8) is 0 Å². The van der Waals surface area contributed by atoms with Crippen molar-refractivity contribution < 1.29 is 0 Å². The van der Waals surface area contributed by atoms with E-state index in [4.69, 9.17) is 0 Å². The summed E-state index contributed by atoms with van der Waals surface area (Å²) in [5.41, 5.74) is 2.62. The zero-order valence-electron chi connectivity index (χ0n) is 5.78. The normalized spacial score (nSPS) is 77.6. The second-order valence-corrected chi connectivity index (χ2v) is 4.47. The lowest BCUT2D eigenvalue weighted by molar-refractivity contribution is 0.140. The Labute approximate surface area is 50.3 Å². The predicted octanol–water partition coefficient (Wildman–Crippen LogP) is 2.05. The topological polar surface area (TPSA) is 0 Å². The van der Waals surface area contributed by atoms with E-state index in [9.17, 15) is 0 Å². The van der Waals surface area contributed by atoms with Crippen molar-refractivity contribution in [3.05, 3.63) is 0 Å². The molecular formula is C8H12. The van der Waals surface area contributed by atoms with Crippen molar-refractivity contribution in [2.24, 2.45) is 22.2 Å². The van der Waals surface area contributed by atoms with Crippen LogP contribution in [0.2, 0.25) is 0 Å². The van der Waals surface area contributed by atoms with Gasteiger partial charge in [0.2, 0.25) is 0 Å². The Morgan fingerprint density at radius 1 is 1.25 bits per heavy atom. The Bertz CT molecular complexity index is 174. The van der Waals surface area contributed by atoms with Gasteiger partial charge < -0.3 is 0 Å². The van der Waals surface area contributed by atoms with Crippen molar-refractivity contribution in [2.45, 2.75) is 27.2 Å². The third kappa shape index (κ3) is 0.0986. The Balaban J connectivity index is 2.10. The fourth-order valence-corrected chi connectivity index (χ4v) is 3.86. The van der Waals surface area contributed by atoms with Crippen LogP contribution in [0, 0.1) is 22.2 Å². The van der Waals surface area contributed by atoms with E-state index >= 15 is 0 Å². The van der Waals surface area contributed by atoms with Crippen LogP contribution in [0.1, 0.15) is 27.2 Å². The minimum atomic E-state index is 0.791. The van der Waals surface area contributed by atoms with Crippen molar-refractivity contribution in [2.75, 3.05) is 0 Å². The summed E-state index contributed by atoms with van der Waals surface area (Å²) in [5.74, 6) is 1.12. The second-order valence-electron chi connectivity index (χ2n) is 4.47. The van der Waals surface area contributed by atoms with Crippen LogP contribution in [0.15, 0.2) is 0 Å². The zero-order valence-corrected chi connectivity index (χ0v) is 5.78. The molecule has 8 heavy (non-hydrogen) atoms. The number of hydrogen-bond donors (Lipinski definition) is 0. The van der Waals surface area contributed by atoms with Gasteiger partial charge in [0.25, 0.3) is 0 Å². The molecule has 0 radical (unpaired) electrons. The molecule has 0 aromatic heterocycles. The second kappa shape index (κ2) is 0.521. The monoisotopic (exact) mass is 108 g/mol. The Kier molecular flexibility index (Phi) is 0.255. The van der Waals surface area contributed by atoms with E-state index in [1.165, 1.54) is 0 Å². The van der Waals surface area contributed by atoms with Crippen molar-refractivity contribution in [1.29, 1.82) is 0 Å². The highest BCUT2D eigenvalue weighted by atomic mass is 15.2. The van der Waals surface area contributed by atoms with E-state index in [2.05, 4.69) is 20.8 Å². The van der Waals surface area contributed by atoms with Gasteiger partial charge in [-0.25, -0.2) is 0 Å². The molecule has 0 aromatic rings. The predicted molar refractivity (Wildman–Crippen MR) is 32.4 cm³/mol. The van der Waals surface area contributed by atoms with Crippen molar-refractivity contribution in [3.8, 4) is 0 Å². The van der Waals surface area contributed by atoms with Gasteiger partial charge in [-0.05, 0) is 28.6 Å². The molecule has 0 aliphatic heterocycles. The largest absolute Gasteiger partial charge is 0.0614 e. The van der Waals surface area contributed by atoms with Crippen molar-refractivity contribution in [1.82, 2.24) is 0 Å². The van der Waals surface area contributed by atoms with E-state index in [0.717, 1.165) is 22.2 Å². The van der Waals surface area contributed by atoms with Crippen LogP contribution in [0.25, 0.3) is 0 Å². The molecule has 3 rings (SSSR count). The van der Waals surface area contributed by atoms with Crippen LogP contribution in [0.5, 0.6) is 0 Å². The quantitative estimate of drug-likeness (QED) is 0.445. The molecule has 3 fully saturated rings. The van der Waals surface area contributed by atoms with Crippen LogP contribution in [-0.2, 0) is 0 Å². The molecule has 0 amide bonds. The van der Waals surface area contributed by atoms with E-state index in [1.807, 2.05) is 0 Å². The summed E-state index contributed by atoms with van der Waals surface area (Å²) in [6.07, 6.45) is 1.58. The van der Waals surface area contributed by atoms with Gasteiger partial charge in [0.05, 0.1) is 0 Å². The molecule has 3 aliphatic carbocycles. The fourth-order valence-electron chi connectivity index (χ4n) is 3.86. The van der Waals surface area contributed by atoms with Gasteiger partial charge in [-0.2, -0.15) is 0 Å². The summed E-state index contributed by atoms with van der Waals surface area (Å²) in [5, 5.41) is 0. The van der Waals surface area contributed by atoms with Crippen LogP contribution >= 0.6 is 0 Å². The Morgan fingerprint density at radius 3 is 1.75 bits per heavy atom. The lowest BCUT2D eigenvalue weighted by atomic mass is 9.70. The van der Waals surface area contributed by atoms with Crippen LogP contribution in [-0.4, -0.2) is 0 Å². The summed E-state index contributed by atoms with van der Waals surface area (Å²) in [4.78, 5) is 0. The van der Waals surface area contributed by atoms with E-state index in [-0.39, 0.29) is 0 Å². The molecule has 2 atom stereocenters. The molecule has 0 nitrogen and oxygen atoms in total. The maximum absolute atomic E-state index is 2.43. The first-order valence-corrected chi connectivity index (χ1v) is 3.61. The molecule has 44 valence electrons. The van der Waals surface area contributed by atoms with Crippen LogP contribution < -0.4 is 0 Å². The van der Waals surface area contributed by atoms with Crippen LogP contribution in [0.4, 0.5) is 0 Å². The number of hydrogen-bond acceptors (Lipinski definition) is 0. The summed E-state index contributed by atoms with van der Waals surface area (Å²) in [6, 6.07) is 0. The van der Waals surface area contributed by atoms with Gasteiger partial charge in [0, 0.05) is 0 Å². The molecule has 3 saturated carbocycles. The lowest BCUT2D eigenvalue weighted by Gasteiger charge is -2.34. The van der Waals surface area contributed by atoms with E-state index in [1.54, 1.807) is 6.42 Å². The average molecular weight is 108 g/mol. The minimum absolute atomic E-state index is 0.791. The first-order valence-electron chi connectivity index (χ1n) is 3.61. The third-order valence-electron chi connectivity index (χ3n) is 4.79. The van der Waals surface area contributed by atoms with E-state index in [0.29, 0.717) is 0 Å². The van der Waals surface area contributed by atoms with Gasteiger partial charge in [-0.1, -0.05) is 20.8 Å². The summed E-state index contributed by atoms with van der Waals surface area (Å²) >= 11 is 0. The third-order valence-corrected chi connectivity index (χ3v) is 4.79. The molecule has 0 saturated heterocycles. The average Bonchev–Trinajstić information content (AvgIpc) is 2.51. The van der Waals surface area contributed by atoms with Gasteiger partial charge in [-0.3, -0.25) is 0 Å². The highest BCUT2D eigenvalue weighted by molar-refractivity contribution is 5.59. The van der Waals surface area contributed by atoms with Gasteiger partial charge in [0.1, 0.15) is 0 Å². The molecule has 0 bridgehead atoms. The zero-order chi connectivity index (χ0) is 5.78. The molecule has 2 unspecified atom stereocenters. The standard InChI is InChI=1S/C8H12/c1-5-7-4-8(5,7)6(7,2)3/h5H,4H2,1-3H3. The molecule has 0 heterocycles. The first-order chi connectivity index (χ1) is 3.61. The minimum Gasteiger partial charge on any atom is -0.0614 e. The summed E-state index contributed by atoms with van der Waals surface area (Å²) in [7, 11) is 0. The Hall–Kier alpha value is 0. The SMILES string of the molecule is CC1C23CC12C3(C)C. The highest BCUT2D eigenvalue weighted by Crippen LogP contribution is 3.17. The maximum Gasteiger partial charge on any atom is -0.0139 e. The van der Waals surface area contributed by atoms with Gasteiger partial charge in [0.15, 0.2) is 0 Å². The molecule has 0 heteroatoms.